The standard InChI is InChI=1S/C13H15FN2/c1-13(2,3)16-9-11(8-15-16)10-4-6-12(14)7-5-10/h4-9H,1-3H3. The first kappa shape index (κ1) is 10.9. The molecule has 0 fully saturated rings. The first-order valence-electron chi connectivity index (χ1n) is 5.28. The summed E-state index contributed by atoms with van der Waals surface area (Å²) in [6.07, 6.45) is 3.78. The molecule has 0 N–H and O–H groups in total. The highest BCUT2D eigenvalue weighted by atomic mass is 19.1. The lowest BCUT2D eigenvalue weighted by Crippen LogP contribution is -2.21. The fourth-order valence-corrected chi connectivity index (χ4v) is 1.48. The first-order valence-corrected chi connectivity index (χ1v) is 5.28. The molecular formula is C13H15FN2. The Morgan fingerprint density at radius 3 is 2.19 bits per heavy atom. The molecule has 2 aromatic rings. The molecule has 84 valence electrons. The van der Waals surface area contributed by atoms with Gasteiger partial charge in [0.25, 0.3) is 0 Å². The molecule has 16 heavy (non-hydrogen) atoms. The molecule has 0 spiro atoms. The molecule has 2 rings (SSSR count). The number of rotatable bonds is 1. The second-order valence-electron chi connectivity index (χ2n) is 4.85. The summed E-state index contributed by atoms with van der Waals surface area (Å²) in [6, 6.07) is 6.45. The number of nitrogens with zero attached hydrogens (tertiary/aromatic N) is 2. The molecule has 1 heterocycles. The van der Waals surface area contributed by atoms with E-state index in [1.165, 1.54) is 12.1 Å². The second kappa shape index (κ2) is 3.74. The van der Waals surface area contributed by atoms with Gasteiger partial charge >= 0.3 is 0 Å². The van der Waals surface area contributed by atoms with Crippen LogP contribution in [-0.2, 0) is 5.54 Å². The van der Waals surface area contributed by atoms with Gasteiger partial charge in [-0.15, -0.1) is 0 Å². The molecule has 0 aliphatic carbocycles. The molecule has 0 unspecified atom stereocenters. The van der Waals surface area contributed by atoms with E-state index in [9.17, 15) is 4.39 Å². The van der Waals surface area contributed by atoms with Crippen molar-refractivity contribution in [3.05, 3.63) is 42.5 Å². The summed E-state index contributed by atoms with van der Waals surface area (Å²) < 4.78 is 14.7. The topological polar surface area (TPSA) is 17.8 Å². The van der Waals surface area contributed by atoms with E-state index in [1.54, 1.807) is 18.3 Å². The minimum absolute atomic E-state index is 0.0295. The van der Waals surface area contributed by atoms with Gasteiger partial charge in [0, 0.05) is 11.8 Å². The normalized spacial score (nSPS) is 11.8. The molecule has 1 aromatic carbocycles. The maximum atomic E-state index is 12.8. The largest absolute Gasteiger partial charge is 0.267 e. The van der Waals surface area contributed by atoms with Crippen molar-refractivity contribution in [1.82, 2.24) is 9.78 Å². The third kappa shape index (κ3) is 2.13. The zero-order valence-electron chi connectivity index (χ0n) is 9.74. The molecule has 0 atom stereocenters. The Morgan fingerprint density at radius 2 is 1.69 bits per heavy atom. The van der Waals surface area contributed by atoms with Gasteiger partial charge in [0.15, 0.2) is 0 Å². The van der Waals surface area contributed by atoms with Crippen LogP contribution in [0.15, 0.2) is 36.7 Å². The van der Waals surface area contributed by atoms with Crippen molar-refractivity contribution in [2.24, 2.45) is 0 Å². The molecule has 1 aromatic heterocycles. The highest BCUT2D eigenvalue weighted by Crippen LogP contribution is 2.21. The Hall–Kier alpha value is -1.64. The van der Waals surface area contributed by atoms with Crippen LogP contribution in [0, 0.1) is 5.82 Å². The summed E-state index contributed by atoms with van der Waals surface area (Å²) in [5.74, 6) is -0.216. The predicted molar refractivity (Wildman–Crippen MR) is 62.6 cm³/mol. The van der Waals surface area contributed by atoms with E-state index in [0.717, 1.165) is 11.1 Å². The Morgan fingerprint density at radius 1 is 1.06 bits per heavy atom. The van der Waals surface area contributed by atoms with E-state index in [-0.39, 0.29) is 11.4 Å². The molecule has 3 heteroatoms. The molecule has 0 saturated carbocycles. The lowest BCUT2D eigenvalue weighted by Gasteiger charge is -2.18. The van der Waals surface area contributed by atoms with Crippen LogP contribution in [0.3, 0.4) is 0 Å². The highest BCUT2D eigenvalue weighted by molar-refractivity contribution is 5.61. The van der Waals surface area contributed by atoms with Gasteiger partial charge in [0.05, 0.1) is 11.7 Å². The average molecular weight is 218 g/mol. The molecule has 0 aliphatic heterocycles. The van der Waals surface area contributed by atoms with E-state index >= 15 is 0 Å². The van der Waals surface area contributed by atoms with Gasteiger partial charge in [-0.3, -0.25) is 4.68 Å². The minimum Gasteiger partial charge on any atom is -0.267 e. The number of aromatic nitrogens is 2. The second-order valence-corrected chi connectivity index (χ2v) is 4.85. The monoisotopic (exact) mass is 218 g/mol. The number of hydrogen-bond donors (Lipinski definition) is 0. The van der Waals surface area contributed by atoms with Gasteiger partial charge in [0.1, 0.15) is 5.82 Å². The SMILES string of the molecule is CC(C)(C)n1cc(-c2ccc(F)cc2)cn1. The summed E-state index contributed by atoms with van der Waals surface area (Å²) in [6.45, 7) is 6.28. The quantitative estimate of drug-likeness (QED) is 0.717. The first-order chi connectivity index (χ1) is 7.47. The lowest BCUT2D eigenvalue weighted by molar-refractivity contribution is 0.355. The molecule has 2 nitrogen and oxygen atoms in total. The number of hydrogen-bond acceptors (Lipinski definition) is 1. The molecule has 0 saturated heterocycles. The lowest BCUT2D eigenvalue weighted by atomic mass is 10.1. The van der Waals surface area contributed by atoms with Crippen LogP contribution in [0.4, 0.5) is 4.39 Å². The van der Waals surface area contributed by atoms with Crippen molar-refractivity contribution in [2.75, 3.05) is 0 Å². The zero-order valence-corrected chi connectivity index (χ0v) is 9.74. The highest BCUT2D eigenvalue weighted by Gasteiger charge is 2.14. The Kier molecular flexibility index (Phi) is 2.54. The maximum Gasteiger partial charge on any atom is 0.123 e. The van der Waals surface area contributed by atoms with Crippen LogP contribution in [0.2, 0.25) is 0 Å². The summed E-state index contributed by atoms with van der Waals surface area (Å²) >= 11 is 0. The predicted octanol–water partition coefficient (Wildman–Crippen LogP) is 3.44. The smallest absolute Gasteiger partial charge is 0.123 e. The van der Waals surface area contributed by atoms with Gasteiger partial charge in [-0.05, 0) is 38.5 Å². The van der Waals surface area contributed by atoms with Gasteiger partial charge in [-0.25, -0.2) is 4.39 Å². The summed E-state index contributed by atoms with van der Waals surface area (Å²) in [4.78, 5) is 0. The van der Waals surface area contributed by atoms with Gasteiger partial charge in [-0.2, -0.15) is 5.10 Å². The molecule has 0 aliphatic rings. The summed E-state index contributed by atoms with van der Waals surface area (Å²) in [5, 5.41) is 4.31. The average Bonchev–Trinajstić information content (AvgIpc) is 2.67. The Balaban J connectivity index is 2.35. The third-order valence-electron chi connectivity index (χ3n) is 2.45. The van der Waals surface area contributed by atoms with Crippen molar-refractivity contribution < 1.29 is 4.39 Å². The Bertz CT molecular complexity index is 477. The third-order valence-corrected chi connectivity index (χ3v) is 2.45. The van der Waals surface area contributed by atoms with E-state index in [4.69, 9.17) is 0 Å². The van der Waals surface area contributed by atoms with Crippen molar-refractivity contribution in [3.63, 3.8) is 0 Å². The summed E-state index contributed by atoms with van der Waals surface area (Å²) in [7, 11) is 0. The molecule has 0 bridgehead atoms. The van der Waals surface area contributed by atoms with Crippen molar-refractivity contribution in [1.29, 1.82) is 0 Å². The van der Waals surface area contributed by atoms with Crippen molar-refractivity contribution in [2.45, 2.75) is 26.3 Å². The zero-order chi connectivity index (χ0) is 11.8. The van der Waals surface area contributed by atoms with E-state index in [1.807, 2.05) is 10.9 Å². The molecule has 0 radical (unpaired) electrons. The van der Waals surface area contributed by atoms with Crippen LogP contribution in [-0.4, -0.2) is 9.78 Å². The molecule has 0 amide bonds. The van der Waals surface area contributed by atoms with Crippen LogP contribution in [0.1, 0.15) is 20.8 Å². The van der Waals surface area contributed by atoms with E-state index in [2.05, 4.69) is 25.9 Å². The minimum atomic E-state index is -0.216. The van der Waals surface area contributed by atoms with Gasteiger partial charge in [0.2, 0.25) is 0 Å². The van der Waals surface area contributed by atoms with Gasteiger partial charge in [-0.1, -0.05) is 12.1 Å². The number of halogens is 1. The van der Waals surface area contributed by atoms with E-state index in [0.29, 0.717) is 0 Å². The van der Waals surface area contributed by atoms with Gasteiger partial charge < -0.3 is 0 Å². The number of benzene rings is 1. The van der Waals surface area contributed by atoms with E-state index < -0.39 is 0 Å². The molecular weight excluding hydrogens is 203 g/mol. The van der Waals surface area contributed by atoms with Crippen LogP contribution in [0.5, 0.6) is 0 Å². The van der Waals surface area contributed by atoms with Crippen LogP contribution in [0.25, 0.3) is 11.1 Å². The summed E-state index contributed by atoms with van der Waals surface area (Å²) in [5.41, 5.74) is 1.96. The van der Waals surface area contributed by atoms with Crippen molar-refractivity contribution in [3.8, 4) is 11.1 Å². The van der Waals surface area contributed by atoms with Crippen LogP contribution < -0.4 is 0 Å². The van der Waals surface area contributed by atoms with Crippen LogP contribution >= 0.6 is 0 Å². The maximum absolute atomic E-state index is 12.8. The fourth-order valence-electron chi connectivity index (χ4n) is 1.48. The van der Waals surface area contributed by atoms with Crippen molar-refractivity contribution >= 4 is 0 Å². The Labute approximate surface area is 94.7 Å². The fraction of sp³-hybridized carbons (Fsp3) is 0.308.